The van der Waals surface area contributed by atoms with Crippen molar-refractivity contribution in [3.8, 4) is 0 Å². The van der Waals surface area contributed by atoms with Gasteiger partial charge >= 0.3 is 12.0 Å². The van der Waals surface area contributed by atoms with E-state index in [9.17, 15) is 14.4 Å². The number of amides is 3. The van der Waals surface area contributed by atoms with Gasteiger partial charge in [-0.3, -0.25) is 4.79 Å². The summed E-state index contributed by atoms with van der Waals surface area (Å²) in [5.41, 5.74) is 11.4. The molecule has 0 radical (unpaired) electrons. The lowest BCUT2D eigenvalue weighted by atomic mass is 10.1. The Labute approximate surface area is 146 Å². The number of aromatic amines is 1. The van der Waals surface area contributed by atoms with Crippen molar-refractivity contribution in [1.29, 1.82) is 0 Å². The average Bonchev–Trinajstić information content (AvgIpc) is 3.13. The highest BCUT2D eigenvalue weighted by Gasteiger charge is 2.60. The SMILES string of the molecule is CC(C)(C)OC(=O)[N+]1(C(=O)[C@@H](N)Cc2cnc[nH]2)CCC[C@H]1C(N)=O. The summed E-state index contributed by atoms with van der Waals surface area (Å²) in [6.07, 6.45) is 3.28. The molecule has 1 aliphatic heterocycles. The molecule has 1 aromatic heterocycles. The van der Waals surface area contributed by atoms with Gasteiger partial charge in [0.25, 0.3) is 5.91 Å². The van der Waals surface area contributed by atoms with E-state index in [0.29, 0.717) is 18.5 Å². The van der Waals surface area contributed by atoms with Crippen molar-refractivity contribution in [2.24, 2.45) is 11.5 Å². The van der Waals surface area contributed by atoms with E-state index in [4.69, 9.17) is 16.2 Å². The number of imidazole rings is 1. The van der Waals surface area contributed by atoms with Gasteiger partial charge in [-0.25, -0.2) is 9.78 Å². The Hall–Kier alpha value is -2.26. The maximum Gasteiger partial charge on any atom is 0.524 e. The molecule has 1 saturated heterocycles. The van der Waals surface area contributed by atoms with E-state index >= 15 is 0 Å². The maximum absolute atomic E-state index is 13.1. The van der Waals surface area contributed by atoms with E-state index < -0.39 is 40.1 Å². The van der Waals surface area contributed by atoms with Crippen molar-refractivity contribution in [2.45, 2.75) is 57.7 Å². The Bertz CT molecular complexity index is 652. The zero-order valence-corrected chi connectivity index (χ0v) is 14.8. The van der Waals surface area contributed by atoms with Crippen molar-refractivity contribution < 1.29 is 23.6 Å². The number of H-pyrrole nitrogens is 1. The molecule has 9 nitrogen and oxygen atoms in total. The number of carbonyl (C=O) groups excluding carboxylic acids is 3. The number of likely N-dealkylation sites (tertiary alicyclic amines) is 1. The Balaban J connectivity index is 2.35. The van der Waals surface area contributed by atoms with Crippen LogP contribution < -0.4 is 11.5 Å². The second kappa shape index (κ2) is 6.93. The molecule has 1 unspecified atom stereocenters. The highest BCUT2D eigenvalue weighted by molar-refractivity contribution is 5.91. The highest BCUT2D eigenvalue weighted by atomic mass is 16.6. The van der Waals surface area contributed by atoms with E-state index in [1.54, 1.807) is 27.0 Å². The molecule has 1 aliphatic rings. The summed E-state index contributed by atoms with van der Waals surface area (Å²) < 4.78 is 4.67. The van der Waals surface area contributed by atoms with Gasteiger partial charge in [0.2, 0.25) is 0 Å². The lowest BCUT2D eigenvalue weighted by molar-refractivity contribution is -0.787. The zero-order valence-electron chi connectivity index (χ0n) is 14.8. The molecule has 0 bridgehead atoms. The number of nitrogens with one attached hydrogen (secondary N) is 1. The molecule has 0 aliphatic carbocycles. The predicted molar refractivity (Wildman–Crippen MR) is 88.9 cm³/mol. The van der Waals surface area contributed by atoms with Gasteiger partial charge in [0.1, 0.15) is 11.6 Å². The van der Waals surface area contributed by atoms with Crippen LogP contribution >= 0.6 is 0 Å². The van der Waals surface area contributed by atoms with Crippen molar-refractivity contribution in [3.63, 3.8) is 0 Å². The van der Waals surface area contributed by atoms with Crippen LogP contribution in [0, 0.1) is 0 Å². The van der Waals surface area contributed by atoms with Crippen molar-refractivity contribution in [2.75, 3.05) is 6.54 Å². The molecule has 0 aromatic carbocycles. The van der Waals surface area contributed by atoms with Crippen LogP contribution in [0.4, 0.5) is 4.79 Å². The fraction of sp³-hybridized carbons (Fsp3) is 0.625. The number of nitrogens with two attached hydrogens (primary N) is 2. The summed E-state index contributed by atoms with van der Waals surface area (Å²) in [5.74, 6) is -1.27. The van der Waals surface area contributed by atoms with E-state index in [1.807, 2.05) is 0 Å². The number of nitrogens with zero attached hydrogens (tertiary/aromatic N) is 2. The van der Waals surface area contributed by atoms with Gasteiger partial charge in [-0.05, 0) is 20.8 Å². The van der Waals surface area contributed by atoms with E-state index in [-0.39, 0.29) is 13.0 Å². The van der Waals surface area contributed by atoms with Gasteiger partial charge in [0.05, 0.1) is 12.9 Å². The molecular formula is C16H26N5O4+. The van der Waals surface area contributed by atoms with Crippen LogP contribution in [0.1, 0.15) is 39.3 Å². The first kappa shape index (κ1) is 19.1. The molecule has 3 atom stereocenters. The number of hydrogen-bond donors (Lipinski definition) is 3. The van der Waals surface area contributed by atoms with E-state index in [2.05, 4.69) is 9.97 Å². The molecule has 0 spiro atoms. The van der Waals surface area contributed by atoms with Crippen molar-refractivity contribution in [1.82, 2.24) is 9.97 Å². The van der Waals surface area contributed by atoms with Crippen LogP contribution in [0.5, 0.6) is 0 Å². The number of hydrogen-bond acceptors (Lipinski definition) is 6. The Morgan fingerprint density at radius 3 is 2.64 bits per heavy atom. The molecule has 25 heavy (non-hydrogen) atoms. The summed E-state index contributed by atoms with van der Waals surface area (Å²) in [6.45, 7) is 5.25. The fourth-order valence-electron chi connectivity index (χ4n) is 3.20. The smallest absolute Gasteiger partial charge is 0.414 e. The van der Waals surface area contributed by atoms with Crippen LogP contribution in [0.15, 0.2) is 12.5 Å². The van der Waals surface area contributed by atoms with Gasteiger partial charge in [-0.1, -0.05) is 0 Å². The summed E-state index contributed by atoms with van der Waals surface area (Å²) in [5, 5.41) is 0. The zero-order chi connectivity index (χ0) is 18.8. The van der Waals surface area contributed by atoms with Crippen LogP contribution in [-0.4, -0.2) is 56.6 Å². The lowest BCUT2D eigenvalue weighted by Gasteiger charge is -2.35. The summed E-state index contributed by atoms with van der Waals surface area (Å²) in [4.78, 5) is 44.7. The molecule has 9 heteroatoms. The lowest BCUT2D eigenvalue weighted by Crippen LogP contribution is -2.68. The fourth-order valence-corrected chi connectivity index (χ4v) is 3.20. The van der Waals surface area contributed by atoms with Crippen molar-refractivity contribution in [3.05, 3.63) is 18.2 Å². The summed E-state index contributed by atoms with van der Waals surface area (Å²) in [7, 11) is 0. The minimum atomic E-state index is -0.993. The standard InChI is InChI=1S/C16H25N5O4/c1-16(2,3)25-15(24)21(6-4-5-12(21)13(18)22)14(23)11(17)7-10-8-19-9-20-10/h8-9,11-12H,4-7,17H2,1-3H3,(H2-,18,19,20,22)/p+1/t11-,12-,21?/m0/s1. The second-order valence-electron chi connectivity index (χ2n) is 7.36. The average molecular weight is 352 g/mol. The normalized spacial score (nSPS) is 24.7. The largest absolute Gasteiger partial charge is 0.524 e. The molecule has 2 rings (SSSR count). The molecule has 5 N–H and O–H groups in total. The number of imide groups is 1. The number of primary amides is 1. The number of carbonyl (C=O) groups is 3. The van der Waals surface area contributed by atoms with Crippen LogP contribution in [0.2, 0.25) is 0 Å². The predicted octanol–water partition coefficient (Wildman–Crippen LogP) is 0.206. The molecule has 1 aromatic rings. The topological polar surface area (TPSA) is 141 Å². The highest BCUT2D eigenvalue weighted by Crippen LogP contribution is 2.31. The van der Waals surface area contributed by atoms with Gasteiger partial charge in [-0.2, -0.15) is 4.79 Å². The molecular weight excluding hydrogens is 326 g/mol. The van der Waals surface area contributed by atoms with E-state index in [0.717, 1.165) is 0 Å². The first-order valence-corrected chi connectivity index (χ1v) is 8.26. The third kappa shape index (κ3) is 3.88. The minimum Gasteiger partial charge on any atom is -0.414 e. The quantitative estimate of drug-likeness (QED) is 0.661. The number of rotatable bonds is 4. The third-order valence-electron chi connectivity index (χ3n) is 4.27. The van der Waals surface area contributed by atoms with Crippen LogP contribution in [0.25, 0.3) is 0 Å². The maximum atomic E-state index is 13.1. The Morgan fingerprint density at radius 1 is 1.44 bits per heavy atom. The summed E-state index contributed by atoms with van der Waals surface area (Å²) in [6, 6.07) is -1.96. The van der Waals surface area contributed by atoms with Gasteiger partial charge < -0.3 is 21.2 Å². The van der Waals surface area contributed by atoms with Crippen molar-refractivity contribution >= 4 is 17.9 Å². The molecule has 2 heterocycles. The number of ether oxygens (including phenoxy) is 1. The number of quaternary nitrogens is 1. The van der Waals surface area contributed by atoms with E-state index in [1.165, 1.54) is 6.33 Å². The molecule has 138 valence electrons. The first-order chi connectivity index (χ1) is 11.6. The molecule has 0 saturated carbocycles. The Morgan fingerprint density at radius 2 is 2.12 bits per heavy atom. The Kier molecular flexibility index (Phi) is 5.28. The molecule has 1 fully saturated rings. The van der Waals surface area contributed by atoms with Gasteiger partial charge in [0.15, 0.2) is 6.04 Å². The van der Waals surface area contributed by atoms with Gasteiger partial charge in [-0.15, -0.1) is 4.48 Å². The second-order valence-corrected chi connectivity index (χ2v) is 7.36. The minimum absolute atomic E-state index is 0.151. The van der Waals surface area contributed by atoms with Gasteiger partial charge in [0, 0.05) is 31.2 Å². The summed E-state index contributed by atoms with van der Waals surface area (Å²) >= 11 is 0. The number of aromatic nitrogens is 2. The first-order valence-electron chi connectivity index (χ1n) is 8.26. The molecule has 3 amide bonds. The monoisotopic (exact) mass is 352 g/mol. The van der Waals surface area contributed by atoms with Crippen LogP contribution in [-0.2, 0) is 20.7 Å². The third-order valence-corrected chi connectivity index (χ3v) is 4.27. The van der Waals surface area contributed by atoms with Crippen LogP contribution in [0.3, 0.4) is 0 Å².